The monoisotopic (exact) mass is 337 g/mol. The fraction of sp³-hybridized carbons (Fsp3) is 0.125. The van der Waals surface area contributed by atoms with Crippen molar-refractivity contribution in [1.29, 1.82) is 0 Å². The molecule has 0 aliphatic heterocycles. The minimum Gasteiger partial charge on any atom is -0.229 e. The van der Waals surface area contributed by atoms with E-state index in [0.717, 1.165) is 12.1 Å². The summed E-state index contributed by atoms with van der Waals surface area (Å²) < 4.78 is 49.4. The third kappa shape index (κ3) is 3.33. The number of alkyl halides is 3. The van der Waals surface area contributed by atoms with Crippen molar-refractivity contribution in [3.05, 3.63) is 27.4 Å². The zero-order chi connectivity index (χ0) is 12.5. The van der Waals surface area contributed by atoms with Crippen molar-refractivity contribution < 1.29 is 17.6 Å². The zero-order valence-electron chi connectivity index (χ0n) is 7.25. The number of aliphatic imine (C=N–C) groups is 1. The third-order valence-corrected chi connectivity index (χ3v) is 2.94. The SMILES string of the molecule is Fc1cc(Br)c(Cl)cc1N=C(Cl)C(F)(F)F. The van der Waals surface area contributed by atoms with Gasteiger partial charge >= 0.3 is 6.18 Å². The Hall–Kier alpha value is -0.330. The maximum Gasteiger partial charge on any atom is 0.444 e. The van der Waals surface area contributed by atoms with Crippen LogP contribution in [-0.4, -0.2) is 11.3 Å². The summed E-state index contributed by atoms with van der Waals surface area (Å²) >= 11 is 13.3. The van der Waals surface area contributed by atoms with Crippen molar-refractivity contribution in [1.82, 2.24) is 0 Å². The topological polar surface area (TPSA) is 12.4 Å². The van der Waals surface area contributed by atoms with Gasteiger partial charge in [0.15, 0.2) is 0 Å². The first-order valence-electron chi connectivity index (χ1n) is 3.67. The average Bonchev–Trinajstić information content (AvgIpc) is 2.12. The van der Waals surface area contributed by atoms with Gasteiger partial charge in [-0.2, -0.15) is 13.2 Å². The van der Waals surface area contributed by atoms with Gasteiger partial charge in [0, 0.05) is 4.47 Å². The van der Waals surface area contributed by atoms with Gasteiger partial charge in [0.05, 0.1) is 5.02 Å². The van der Waals surface area contributed by atoms with Crippen LogP contribution in [0, 0.1) is 5.82 Å². The van der Waals surface area contributed by atoms with Crippen molar-refractivity contribution in [3.8, 4) is 0 Å². The third-order valence-electron chi connectivity index (χ3n) is 1.44. The molecule has 1 aromatic rings. The van der Waals surface area contributed by atoms with Gasteiger partial charge in [-0.25, -0.2) is 9.38 Å². The Morgan fingerprint density at radius 3 is 2.38 bits per heavy atom. The van der Waals surface area contributed by atoms with Crippen molar-refractivity contribution >= 4 is 50.0 Å². The van der Waals surface area contributed by atoms with Gasteiger partial charge in [0.1, 0.15) is 11.5 Å². The highest BCUT2D eigenvalue weighted by atomic mass is 79.9. The number of rotatable bonds is 1. The summed E-state index contributed by atoms with van der Waals surface area (Å²) in [4.78, 5) is 2.91. The normalized spacial score (nSPS) is 13.1. The lowest BCUT2D eigenvalue weighted by atomic mass is 10.3. The summed E-state index contributed by atoms with van der Waals surface area (Å²) in [6.45, 7) is 0. The van der Waals surface area contributed by atoms with Gasteiger partial charge < -0.3 is 0 Å². The lowest BCUT2D eigenvalue weighted by Gasteiger charge is -2.04. The molecule has 16 heavy (non-hydrogen) atoms. The van der Waals surface area contributed by atoms with E-state index >= 15 is 0 Å². The molecule has 1 rings (SSSR count). The van der Waals surface area contributed by atoms with Gasteiger partial charge in [-0.05, 0) is 28.1 Å². The van der Waals surface area contributed by atoms with E-state index in [9.17, 15) is 17.6 Å². The summed E-state index contributed by atoms with van der Waals surface area (Å²) in [5.74, 6) is -0.960. The first-order chi connectivity index (χ1) is 7.21. The van der Waals surface area contributed by atoms with Crippen LogP contribution in [0.4, 0.5) is 23.2 Å². The molecule has 0 saturated heterocycles. The van der Waals surface area contributed by atoms with Gasteiger partial charge in [-0.15, -0.1) is 0 Å². The van der Waals surface area contributed by atoms with Crippen LogP contribution in [-0.2, 0) is 0 Å². The van der Waals surface area contributed by atoms with Gasteiger partial charge in [-0.3, -0.25) is 0 Å². The minimum absolute atomic E-state index is 0.0341. The molecule has 0 aromatic heterocycles. The molecule has 0 spiro atoms. The highest BCUT2D eigenvalue weighted by Gasteiger charge is 2.34. The van der Waals surface area contributed by atoms with E-state index in [-0.39, 0.29) is 9.50 Å². The van der Waals surface area contributed by atoms with Crippen molar-refractivity contribution in [2.45, 2.75) is 6.18 Å². The number of nitrogens with zero attached hydrogens (tertiary/aromatic N) is 1. The van der Waals surface area contributed by atoms with Crippen LogP contribution in [0.25, 0.3) is 0 Å². The fourth-order valence-electron chi connectivity index (χ4n) is 0.767. The predicted molar refractivity (Wildman–Crippen MR) is 58.1 cm³/mol. The van der Waals surface area contributed by atoms with Crippen LogP contribution >= 0.6 is 39.1 Å². The molecule has 0 unspecified atom stereocenters. The van der Waals surface area contributed by atoms with Crippen LogP contribution in [0.1, 0.15) is 0 Å². The van der Waals surface area contributed by atoms with Gasteiger partial charge in [0.2, 0.25) is 5.17 Å². The molecule has 0 radical (unpaired) electrons. The van der Waals surface area contributed by atoms with E-state index in [1.807, 2.05) is 0 Å². The van der Waals surface area contributed by atoms with E-state index in [1.54, 1.807) is 0 Å². The lowest BCUT2D eigenvalue weighted by Crippen LogP contribution is -2.16. The van der Waals surface area contributed by atoms with Crippen LogP contribution in [0.3, 0.4) is 0 Å². The van der Waals surface area contributed by atoms with Crippen LogP contribution in [0.15, 0.2) is 21.6 Å². The molecule has 0 aliphatic rings. The molecule has 0 N–H and O–H groups in total. The van der Waals surface area contributed by atoms with E-state index in [2.05, 4.69) is 20.9 Å². The Labute approximate surface area is 106 Å². The van der Waals surface area contributed by atoms with Crippen molar-refractivity contribution in [3.63, 3.8) is 0 Å². The summed E-state index contributed by atoms with van der Waals surface area (Å²) in [5, 5.41) is -1.63. The summed E-state index contributed by atoms with van der Waals surface area (Å²) in [7, 11) is 0. The quantitative estimate of drug-likeness (QED) is 0.385. The second-order valence-electron chi connectivity index (χ2n) is 2.62. The maximum absolute atomic E-state index is 13.2. The fourth-order valence-corrected chi connectivity index (χ4v) is 1.33. The smallest absolute Gasteiger partial charge is 0.229 e. The molecule has 1 nitrogen and oxygen atoms in total. The number of benzene rings is 1. The highest BCUT2D eigenvalue weighted by Crippen LogP contribution is 2.32. The Balaban J connectivity index is 3.21. The maximum atomic E-state index is 13.2. The van der Waals surface area contributed by atoms with Crippen LogP contribution in [0.2, 0.25) is 5.02 Å². The van der Waals surface area contributed by atoms with E-state index in [1.165, 1.54) is 0 Å². The molecule has 0 heterocycles. The molecule has 0 aliphatic carbocycles. The molecule has 8 heteroatoms. The molecule has 0 atom stereocenters. The van der Waals surface area contributed by atoms with E-state index in [0.29, 0.717) is 0 Å². The Kier molecular flexibility index (Phi) is 4.20. The molecule has 1 aromatic carbocycles. The zero-order valence-corrected chi connectivity index (χ0v) is 10.3. The van der Waals surface area contributed by atoms with Crippen molar-refractivity contribution in [2.75, 3.05) is 0 Å². The summed E-state index contributed by atoms with van der Waals surface area (Å²) in [5.41, 5.74) is -0.574. The molecule has 88 valence electrons. The molecule has 0 bridgehead atoms. The summed E-state index contributed by atoms with van der Waals surface area (Å²) in [6, 6.07) is 1.84. The second-order valence-corrected chi connectivity index (χ2v) is 4.24. The largest absolute Gasteiger partial charge is 0.444 e. The van der Waals surface area contributed by atoms with Crippen LogP contribution < -0.4 is 0 Å². The average molecular weight is 339 g/mol. The van der Waals surface area contributed by atoms with Crippen LogP contribution in [0.5, 0.6) is 0 Å². The first-order valence-corrected chi connectivity index (χ1v) is 5.22. The Morgan fingerprint density at radius 1 is 1.31 bits per heavy atom. The Bertz CT molecular complexity index is 444. The number of halogens is 7. The van der Waals surface area contributed by atoms with E-state index in [4.69, 9.17) is 23.2 Å². The lowest BCUT2D eigenvalue weighted by molar-refractivity contribution is -0.0558. The first kappa shape index (κ1) is 13.7. The molecule has 0 saturated carbocycles. The molecule has 0 amide bonds. The second kappa shape index (κ2) is 4.89. The van der Waals surface area contributed by atoms with Gasteiger partial charge in [0.25, 0.3) is 0 Å². The predicted octanol–water partition coefficient (Wildman–Crippen LogP) is 5.07. The molecular formula is C8H2BrCl2F4N. The highest BCUT2D eigenvalue weighted by molar-refractivity contribution is 9.10. The van der Waals surface area contributed by atoms with Crippen molar-refractivity contribution in [2.24, 2.45) is 4.99 Å². The molecular weight excluding hydrogens is 337 g/mol. The number of hydrogen-bond acceptors (Lipinski definition) is 1. The standard InChI is InChI=1S/C8H2BrCl2F4N/c9-3-1-5(12)6(2-4(3)10)16-7(11)8(13,14)15/h1-2H. The van der Waals surface area contributed by atoms with Gasteiger partial charge in [-0.1, -0.05) is 23.2 Å². The minimum atomic E-state index is -4.81. The molecule has 0 fully saturated rings. The number of hydrogen-bond donors (Lipinski definition) is 0. The Morgan fingerprint density at radius 2 is 1.88 bits per heavy atom. The van der Waals surface area contributed by atoms with E-state index < -0.39 is 22.9 Å². The summed E-state index contributed by atoms with van der Waals surface area (Å²) in [6.07, 6.45) is -4.81.